The molecule has 0 aliphatic heterocycles. The molecule has 0 heterocycles. The van der Waals surface area contributed by atoms with Gasteiger partial charge in [-0.25, -0.2) is 0 Å². The molecule has 0 saturated heterocycles. The first kappa shape index (κ1) is 34.5. The molecule has 0 radical (unpaired) electrons. The zero-order valence-corrected chi connectivity index (χ0v) is 28.3. The van der Waals surface area contributed by atoms with E-state index in [1.54, 1.807) is 0 Å². The maximum Gasteiger partial charge on any atom is 0.433 e. The van der Waals surface area contributed by atoms with Crippen LogP contribution in [0.1, 0.15) is 58.6 Å². The molecule has 0 amide bonds. The van der Waals surface area contributed by atoms with Crippen LogP contribution < -0.4 is 10.4 Å². The summed E-state index contributed by atoms with van der Waals surface area (Å²) in [7, 11) is -5.31. The van der Waals surface area contributed by atoms with Crippen molar-refractivity contribution in [2.45, 2.75) is 76.8 Å². The van der Waals surface area contributed by atoms with Crippen molar-refractivity contribution in [1.82, 2.24) is 0 Å². The molecular weight excluding hydrogens is 580 g/mol. The summed E-state index contributed by atoms with van der Waals surface area (Å²) in [6, 6.07) is 26.5. The van der Waals surface area contributed by atoms with Gasteiger partial charge in [-0.05, 0) is 58.0 Å². The van der Waals surface area contributed by atoms with E-state index in [0.29, 0.717) is 18.6 Å². The van der Waals surface area contributed by atoms with Gasteiger partial charge in [0, 0.05) is 24.2 Å². The fraction of sp³-hybridized carbons (Fsp3) is 0.400. The second kappa shape index (κ2) is 13.4. The molecule has 3 aromatic rings. The topological polar surface area (TPSA) is 53.3 Å². The molecule has 230 valence electrons. The average molecular weight is 624 g/mol. The van der Waals surface area contributed by atoms with Crippen molar-refractivity contribution < 1.29 is 22.4 Å². The molecule has 0 aromatic heterocycles. The Labute approximate surface area is 257 Å². The van der Waals surface area contributed by atoms with Crippen molar-refractivity contribution in [1.29, 1.82) is 5.41 Å². The maximum absolute atomic E-state index is 12.9. The number of hydrogen-bond acceptors (Lipinski definition) is 3. The highest BCUT2D eigenvalue weighted by Crippen LogP contribution is 2.43. The summed E-state index contributed by atoms with van der Waals surface area (Å²) in [4.78, 5) is 11.1. The van der Waals surface area contributed by atoms with Gasteiger partial charge in [0.15, 0.2) is 8.32 Å². The minimum Gasteiger partial charge on any atom is -0.432 e. The highest BCUT2D eigenvalue weighted by atomic mass is 28.4. The highest BCUT2D eigenvalue weighted by Gasteiger charge is 2.50. The minimum absolute atomic E-state index is 0.0146. The molecule has 1 atom stereocenters. The lowest BCUT2D eigenvalue weighted by Gasteiger charge is -2.44. The van der Waals surface area contributed by atoms with Crippen LogP contribution in [0.15, 0.2) is 84.9 Å². The molecule has 0 bridgehead atoms. The molecule has 3 aromatic carbocycles. The predicted octanol–water partition coefficient (Wildman–Crippen LogP) is 7.92. The van der Waals surface area contributed by atoms with Crippen LogP contribution in [0, 0.1) is 23.2 Å². The molecule has 0 fully saturated rings. The van der Waals surface area contributed by atoms with Gasteiger partial charge in [0.05, 0.1) is 0 Å². The second-order valence-corrected chi connectivity index (χ2v) is 22.2. The van der Waals surface area contributed by atoms with Crippen molar-refractivity contribution in [3.63, 3.8) is 0 Å². The Balaban J connectivity index is 1.96. The lowest BCUT2D eigenvalue weighted by Crippen LogP contribution is -2.67. The number of nitrogens with one attached hydrogen (secondary N) is 1. The van der Waals surface area contributed by atoms with Gasteiger partial charge in [-0.15, -0.1) is 0 Å². The van der Waals surface area contributed by atoms with E-state index in [1.807, 2.05) is 25.2 Å². The molecule has 0 saturated carbocycles. The van der Waals surface area contributed by atoms with Gasteiger partial charge in [0.1, 0.15) is 5.71 Å². The van der Waals surface area contributed by atoms with E-state index in [2.05, 4.69) is 95.0 Å². The maximum atomic E-state index is 12.9. The van der Waals surface area contributed by atoms with Crippen LogP contribution >= 0.6 is 0 Å². The standard InChI is InChI=1S/C35H44F3NO2Si2/c1-33(2,3)43(30-17-10-8-11-18-30,31-19-12-9-13-20-31)41-26-28(25-34(4,5)42(6,7)40)16-14-15-27-21-23-29(24-22-27)32(39)35(36,37)38/h8-13,17-24,28,39-40H,16,25-26H2,1-7H3/t28-/m1/s1. The first-order valence-electron chi connectivity index (χ1n) is 14.6. The lowest BCUT2D eigenvalue weighted by atomic mass is 9.94. The summed E-state index contributed by atoms with van der Waals surface area (Å²) in [6.45, 7) is 15.3. The van der Waals surface area contributed by atoms with E-state index in [4.69, 9.17) is 9.84 Å². The Kier molecular flexibility index (Phi) is 10.7. The van der Waals surface area contributed by atoms with Crippen LogP contribution in [0.4, 0.5) is 13.2 Å². The summed E-state index contributed by atoms with van der Waals surface area (Å²) in [5.74, 6) is 6.37. The Morgan fingerprint density at radius 1 is 0.837 bits per heavy atom. The fourth-order valence-electron chi connectivity index (χ4n) is 5.35. The Morgan fingerprint density at radius 2 is 1.33 bits per heavy atom. The van der Waals surface area contributed by atoms with Gasteiger partial charge in [-0.2, -0.15) is 13.2 Å². The molecule has 8 heteroatoms. The van der Waals surface area contributed by atoms with Crippen molar-refractivity contribution in [3.05, 3.63) is 96.1 Å². The smallest absolute Gasteiger partial charge is 0.432 e. The van der Waals surface area contributed by atoms with Gasteiger partial charge in [-0.3, -0.25) is 5.41 Å². The molecule has 43 heavy (non-hydrogen) atoms. The number of benzene rings is 3. The zero-order chi connectivity index (χ0) is 32.1. The van der Waals surface area contributed by atoms with Crippen molar-refractivity contribution in [3.8, 4) is 11.8 Å². The van der Waals surface area contributed by atoms with E-state index >= 15 is 0 Å². The van der Waals surface area contributed by atoms with Crippen molar-refractivity contribution >= 4 is 32.7 Å². The van der Waals surface area contributed by atoms with E-state index < -0.39 is 28.5 Å². The van der Waals surface area contributed by atoms with Gasteiger partial charge >= 0.3 is 6.18 Å². The first-order valence-corrected chi connectivity index (χ1v) is 19.5. The molecule has 3 rings (SSSR count). The molecule has 3 nitrogen and oxygen atoms in total. The molecular formula is C35H44F3NO2Si2. The highest BCUT2D eigenvalue weighted by molar-refractivity contribution is 6.99. The molecule has 0 unspecified atom stereocenters. The SMILES string of the molecule is CC(C)(C[C@@H](CC#Cc1ccc(C(=N)C(F)(F)F)cc1)CO[Si](c1ccccc1)(c1ccccc1)C(C)(C)C)[Si](C)(C)O. The second-order valence-electron chi connectivity index (χ2n) is 13.4. The third-order valence-corrected chi connectivity index (χ3v) is 17.0. The molecule has 0 spiro atoms. The van der Waals surface area contributed by atoms with Gasteiger partial charge in [0.2, 0.25) is 0 Å². The summed E-state index contributed by atoms with van der Waals surface area (Å²) in [5.41, 5.74) is -0.974. The third-order valence-electron chi connectivity index (χ3n) is 8.49. The number of rotatable bonds is 10. The summed E-state index contributed by atoms with van der Waals surface area (Å²) in [5, 5.41) is 9.26. The predicted molar refractivity (Wildman–Crippen MR) is 176 cm³/mol. The Hall–Kier alpha value is -2.97. The Morgan fingerprint density at radius 3 is 1.74 bits per heavy atom. The van der Waals surface area contributed by atoms with Crippen LogP contribution in [0.2, 0.25) is 23.2 Å². The largest absolute Gasteiger partial charge is 0.433 e. The first-order chi connectivity index (χ1) is 19.9. The fourth-order valence-corrected chi connectivity index (χ4v) is 10.8. The number of hydrogen-bond donors (Lipinski definition) is 2. The summed E-state index contributed by atoms with van der Waals surface area (Å²) >= 11 is 0. The van der Waals surface area contributed by atoms with Gasteiger partial charge < -0.3 is 9.22 Å². The zero-order valence-electron chi connectivity index (χ0n) is 26.3. The van der Waals surface area contributed by atoms with E-state index in [-0.39, 0.29) is 21.6 Å². The van der Waals surface area contributed by atoms with Gasteiger partial charge in [-0.1, -0.05) is 119 Å². The van der Waals surface area contributed by atoms with Crippen LogP contribution in [0.25, 0.3) is 0 Å². The summed E-state index contributed by atoms with van der Waals surface area (Å²) in [6.07, 6.45) is -3.47. The van der Waals surface area contributed by atoms with Crippen LogP contribution in [0.3, 0.4) is 0 Å². The monoisotopic (exact) mass is 623 g/mol. The molecule has 0 aliphatic rings. The van der Waals surface area contributed by atoms with Crippen LogP contribution in [-0.4, -0.2) is 39.9 Å². The summed E-state index contributed by atoms with van der Waals surface area (Å²) < 4.78 is 46.0. The van der Waals surface area contributed by atoms with E-state index in [9.17, 15) is 18.0 Å². The molecule has 0 aliphatic carbocycles. The van der Waals surface area contributed by atoms with E-state index in [1.165, 1.54) is 34.6 Å². The van der Waals surface area contributed by atoms with Crippen LogP contribution in [0.5, 0.6) is 0 Å². The number of alkyl halides is 3. The average Bonchev–Trinajstić information content (AvgIpc) is 2.92. The third kappa shape index (κ3) is 8.36. The number of halogens is 3. The van der Waals surface area contributed by atoms with Gasteiger partial charge in [0.25, 0.3) is 8.32 Å². The quantitative estimate of drug-likeness (QED) is 0.137. The Bertz CT molecular complexity index is 1370. The van der Waals surface area contributed by atoms with Crippen molar-refractivity contribution in [2.24, 2.45) is 5.92 Å². The normalized spacial score (nSPS) is 13.7. The van der Waals surface area contributed by atoms with E-state index in [0.717, 1.165) is 6.42 Å². The lowest BCUT2D eigenvalue weighted by molar-refractivity contribution is -0.0587. The van der Waals surface area contributed by atoms with Crippen molar-refractivity contribution in [2.75, 3.05) is 6.61 Å². The molecule has 2 N–H and O–H groups in total. The minimum atomic E-state index is -4.69. The van der Waals surface area contributed by atoms with Crippen LogP contribution in [-0.2, 0) is 4.43 Å².